The highest BCUT2D eigenvalue weighted by atomic mass is 16.6. The molecule has 1 aromatic heterocycles. The number of carbonyl (C=O) groups excluding carboxylic acids is 2. The zero-order valence-corrected chi connectivity index (χ0v) is 17.5. The monoisotopic (exact) mass is 468 g/mol. The Morgan fingerprint density at radius 1 is 0.971 bits per heavy atom. The van der Waals surface area contributed by atoms with Gasteiger partial charge in [-0.15, -0.1) is 0 Å². The van der Waals surface area contributed by atoms with Crippen LogP contribution in [-0.2, 0) is 4.74 Å². The minimum Gasteiger partial charge on any atom is -0.494 e. The van der Waals surface area contributed by atoms with Crippen molar-refractivity contribution in [2.75, 3.05) is 11.9 Å². The highest BCUT2D eigenvalue weighted by Crippen LogP contribution is 2.24. The Bertz CT molecular complexity index is 1350. The fraction of sp³-hybridized carbons (Fsp3) is 0.0952. The van der Waals surface area contributed by atoms with Gasteiger partial charge >= 0.3 is 5.97 Å². The van der Waals surface area contributed by atoms with E-state index in [-0.39, 0.29) is 29.4 Å². The molecule has 0 aliphatic rings. The van der Waals surface area contributed by atoms with Gasteiger partial charge < -0.3 is 15.2 Å². The molecule has 0 unspecified atom stereocenters. The third kappa shape index (κ3) is 4.72. The van der Waals surface area contributed by atoms with E-state index in [2.05, 4.69) is 5.32 Å². The first-order chi connectivity index (χ1) is 16.1. The molecule has 3 rings (SSSR count). The van der Waals surface area contributed by atoms with Crippen LogP contribution in [0.25, 0.3) is 5.69 Å². The molecule has 0 saturated carbocycles. The predicted octanol–water partition coefficient (Wildman–Crippen LogP) is 2.79. The van der Waals surface area contributed by atoms with Crippen LogP contribution in [0.3, 0.4) is 0 Å². The van der Waals surface area contributed by atoms with Gasteiger partial charge in [-0.05, 0) is 37.3 Å². The van der Waals surface area contributed by atoms with Gasteiger partial charge in [-0.1, -0.05) is 0 Å². The fourth-order valence-electron chi connectivity index (χ4n) is 2.96. The van der Waals surface area contributed by atoms with Crippen LogP contribution < -0.4 is 10.9 Å². The van der Waals surface area contributed by atoms with E-state index in [4.69, 9.17) is 4.74 Å². The molecule has 1 amide bonds. The zero-order valence-electron chi connectivity index (χ0n) is 17.5. The summed E-state index contributed by atoms with van der Waals surface area (Å²) in [6.07, 6.45) is 0. The summed E-state index contributed by atoms with van der Waals surface area (Å²) >= 11 is 0. The number of rotatable bonds is 7. The van der Waals surface area contributed by atoms with Gasteiger partial charge in [-0.3, -0.25) is 29.8 Å². The lowest BCUT2D eigenvalue weighted by atomic mass is 10.1. The van der Waals surface area contributed by atoms with Gasteiger partial charge in [-0.2, -0.15) is 0 Å². The Balaban J connectivity index is 2.11. The van der Waals surface area contributed by atoms with Crippen LogP contribution in [0.5, 0.6) is 5.88 Å². The molecule has 34 heavy (non-hydrogen) atoms. The number of non-ortho nitro benzene ring substituents is 2. The molecule has 0 radical (unpaired) electrons. The number of ether oxygens (including phenoxy) is 1. The highest BCUT2D eigenvalue weighted by Gasteiger charge is 2.25. The van der Waals surface area contributed by atoms with Crippen LogP contribution in [-0.4, -0.2) is 38.0 Å². The number of carbonyl (C=O) groups is 2. The van der Waals surface area contributed by atoms with Crippen molar-refractivity contribution in [2.24, 2.45) is 0 Å². The van der Waals surface area contributed by atoms with Crippen LogP contribution in [0.4, 0.5) is 17.1 Å². The molecular formula is C21H16N4O9. The average Bonchev–Trinajstić information content (AvgIpc) is 2.80. The molecule has 0 spiro atoms. The van der Waals surface area contributed by atoms with Gasteiger partial charge in [0.2, 0.25) is 5.88 Å². The number of amides is 1. The Labute approximate surface area is 190 Å². The number of nitrogens with one attached hydrogen (secondary N) is 1. The minimum atomic E-state index is -1.03. The number of hydrogen-bond acceptors (Lipinski definition) is 9. The maximum absolute atomic E-state index is 13.1. The topological polar surface area (TPSA) is 184 Å². The molecule has 0 bridgehead atoms. The second-order valence-electron chi connectivity index (χ2n) is 6.69. The van der Waals surface area contributed by atoms with E-state index < -0.39 is 44.3 Å². The molecular weight excluding hydrogens is 452 g/mol. The molecule has 174 valence electrons. The lowest BCUT2D eigenvalue weighted by molar-refractivity contribution is -0.385. The molecule has 0 fully saturated rings. The Morgan fingerprint density at radius 2 is 1.50 bits per heavy atom. The van der Waals surface area contributed by atoms with E-state index in [0.29, 0.717) is 4.57 Å². The normalized spacial score (nSPS) is 10.4. The molecule has 0 aliphatic carbocycles. The summed E-state index contributed by atoms with van der Waals surface area (Å²) in [5.41, 5.74) is -2.50. The van der Waals surface area contributed by atoms with Gasteiger partial charge in [0.15, 0.2) is 0 Å². The Hall–Kier alpha value is -5.07. The Morgan fingerprint density at radius 3 is 2.00 bits per heavy atom. The number of anilines is 1. The number of aromatic nitrogens is 1. The quantitative estimate of drug-likeness (QED) is 0.299. The van der Waals surface area contributed by atoms with Gasteiger partial charge in [0.05, 0.1) is 22.1 Å². The number of nitro groups is 2. The summed E-state index contributed by atoms with van der Waals surface area (Å²) in [5.74, 6) is -2.82. The lowest BCUT2D eigenvalue weighted by Gasteiger charge is -2.14. The van der Waals surface area contributed by atoms with Gasteiger partial charge in [-0.25, -0.2) is 9.36 Å². The summed E-state index contributed by atoms with van der Waals surface area (Å²) in [6, 6.07) is 10.1. The van der Waals surface area contributed by atoms with Crippen molar-refractivity contribution >= 4 is 28.9 Å². The van der Waals surface area contributed by atoms with Crippen LogP contribution in [0.15, 0.2) is 59.4 Å². The summed E-state index contributed by atoms with van der Waals surface area (Å²) in [5, 5.41) is 34.7. The number of pyridine rings is 1. The van der Waals surface area contributed by atoms with Gasteiger partial charge in [0.25, 0.3) is 22.8 Å². The largest absolute Gasteiger partial charge is 0.494 e. The first-order valence-corrected chi connectivity index (χ1v) is 9.60. The highest BCUT2D eigenvalue weighted by molar-refractivity contribution is 6.06. The smallest absolute Gasteiger partial charge is 0.343 e. The molecule has 2 N–H and O–H groups in total. The minimum absolute atomic E-state index is 0.0522. The molecule has 3 aromatic rings. The van der Waals surface area contributed by atoms with E-state index in [0.717, 1.165) is 42.5 Å². The molecule has 2 aromatic carbocycles. The lowest BCUT2D eigenvalue weighted by Crippen LogP contribution is -2.30. The third-order valence-corrected chi connectivity index (χ3v) is 4.57. The van der Waals surface area contributed by atoms with Crippen molar-refractivity contribution in [1.82, 2.24) is 4.57 Å². The van der Waals surface area contributed by atoms with E-state index in [1.165, 1.54) is 19.1 Å². The van der Waals surface area contributed by atoms with Crippen LogP contribution in [0.2, 0.25) is 0 Å². The molecule has 0 saturated heterocycles. The molecule has 0 atom stereocenters. The number of esters is 1. The number of aromatic hydroxyl groups is 1. The standard InChI is InChI=1S/C21H16N4O9/c1-2-34-21(29)17-11-16(18(26)22-12-3-5-14(6-4-12)24(30)31)19(27)23(20(17)28)13-7-9-15(10-8-13)25(32)33/h3-11,28H,2H2,1H3,(H,22,26). The summed E-state index contributed by atoms with van der Waals surface area (Å²) in [6.45, 7) is 1.46. The van der Waals surface area contributed by atoms with Gasteiger partial charge in [0, 0.05) is 30.0 Å². The molecule has 0 aliphatic heterocycles. The number of benzene rings is 2. The first kappa shape index (κ1) is 23.6. The van der Waals surface area contributed by atoms with Gasteiger partial charge in [0.1, 0.15) is 11.1 Å². The predicted molar refractivity (Wildman–Crippen MR) is 117 cm³/mol. The second kappa shape index (κ2) is 9.60. The fourth-order valence-corrected chi connectivity index (χ4v) is 2.96. The van der Waals surface area contributed by atoms with Crippen LogP contribution in [0, 0.1) is 20.2 Å². The van der Waals surface area contributed by atoms with E-state index in [9.17, 15) is 39.7 Å². The van der Waals surface area contributed by atoms with Crippen molar-refractivity contribution in [1.29, 1.82) is 0 Å². The van der Waals surface area contributed by atoms with Crippen LogP contribution >= 0.6 is 0 Å². The summed E-state index contributed by atoms with van der Waals surface area (Å²) < 4.78 is 5.52. The van der Waals surface area contributed by atoms with E-state index in [1.807, 2.05) is 0 Å². The van der Waals surface area contributed by atoms with Crippen molar-refractivity contribution in [3.8, 4) is 11.6 Å². The third-order valence-electron chi connectivity index (χ3n) is 4.57. The molecule has 13 nitrogen and oxygen atoms in total. The number of nitro benzene ring substituents is 2. The van der Waals surface area contributed by atoms with Crippen molar-refractivity contribution < 1.29 is 29.3 Å². The Kier molecular flexibility index (Phi) is 6.66. The maximum Gasteiger partial charge on any atom is 0.343 e. The van der Waals surface area contributed by atoms with E-state index >= 15 is 0 Å². The van der Waals surface area contributed by atoms with Crippen molar-refractivity contribution in [3.63, 3.8) is 0 Å². The maximum atomic E-state index is 13.1. The van der Waals surface area contributed by atoms with Crippen molar-refractivity contribution in [2.45, 2.75) is 6.92 Å². The van der Waals surface area contributed by atoms with E-state index in [1.54, 1.807) is 0 Å². The molecule has 13 heteroatoms. The molecule has 1 heterocycles. The zero-order chi connectivity index (χ0) is 25.0. The number of hydrogen-bond donors (Lipinski definition) is 2. The second-order valence-corrected chi connectivity index (χ2v) is 6.69. The average molecular weight is 468 g/mol. The summed E-state index contributed by atoms with van der Waals surface area (Å²) in [4.78, 5) is 58.7. The summed E-state index contributed by atoms with van der Waals surface area (Å²) in [7, 11) is 0. The SMILES string of the molecule is CCOC(=O)c1cc(C(=O)Nc2ccc([N+](=O)[O-])cc2)c(=O)n(-c2ccc([N+](=O)[O-])cc2)c1O. The van der Waals surface area contributed by atoms with Crippen molar-refractivity contribution in [3.05, 3.63) is 96.3 Å². The van der Waals surface area contributed by atoms with Crippen LogP contribution in [0.1, 0.15) is 27.6 Å². The first-order valence-electron chi connectivity index (χ1n) is 9.60. The number of nitrogens with zero attached hydrogens (tertiary/aromatic N) is 3.